The molecule has 1 aromatic carbocycles. The van der Waals surface area contributed by atoms with Crippen molar-refractivity contribution in [3.63, 3.8) is 0 Å². The molecule has 0 unspecified atom stereocenters. The normalized spacial score (nSPS) is 10.6. The minimum Gasteiger partial charge on any atom is -0.336 e. The third kappa shape index (κ3) is 3.20. The fourth-order valence-electron chi connectivity index (χ4n) is 1.92. The molecule has 0 aliphatic rings. The number of benzene rings is 1. The fraction of sp³-hybridized carbons (Fsp3) is 0.333. The van der Waals surface area contributed by atoms with E-state index in [1.807, 2.05) is 38.1 Å². The van der Waals surface area contributed by atoms with Crippen molar-refractivity contribution in [1.82, 2.24) is 14.7 Å². The summed E-state index contributed by atoms with van der Waals surface area (Å²) in [6.45, 7) is 5.15. The van der Waals surface area contributed by atoms with E-state index in [1.54, 1.807) is 22.8 Å². The van der Waals surface area contributed by atoms with Crippen molar-refractivity contribution < 1.29 is 4.79 Å². The number of hydrogen-bond donors (Lipinski definition) is 0. The number of nitrogens with zero attached hydrogens (tertiary/aromatic N) is 3. The molecular formula is C15H18ClN3O. The quantitative estimate of drug-likeness (QED) is 0.868. The molecule has 0 aliphatic heterocycles. The standard InChI is InChI=1S/C15H18ClN3O/c1-4-19-9-13(16)14(17-19)10-18(3)15(20)12-7-5-11(2)6-8-12/h5-9H,4,10H2,1-3H3. The molecule has 0 fully saturated rings. The van der Waals surface area contributed by atoms with Gasteiger partial charge in [0.25, 0.3) is 5.91 Å². The first kappa shape index (κ1) is 14.6. The van der Waals surface area contributed by atoms with Crippen molar-refractivity contribution in [2.45, 2.75) is 26.9 Å². The van der Waals surface area contributed by atoms with E-state index >= 15 is 0 Å². The van der Waals surface area contributed by atoms with Crippen LogP contribution < -0.4 is 0 Å². The molecule has 0 aliphatic carbocycles. The lowest BCUT2D eigenvalue weighted by atomic mass is 10.1. The number of aryl methyl sites for hydroxylation is 2. The third-order valence-electron chi connectivity index (χ3n) is 3.14. The summed E-state index contributed by atoms with van der Waals surface area (Å²) in [5.74, 6) is -0.0351. The molecule has 1 aromatic heterocycles. The Hall–Kier alpha value is -1.81. The van der Waals surface area contributed by atoms with E-state index in [0.29, 0.717) is 17.1 Å². The van der Waals surface area contributed by atoms with Crippen LogP contribution in [0.5, 0.6) is 0 Å². The van der Waals surface area contributed by atoms with Gasteiger partial charge in [-0.15, -0.1) is 0 Å². The summed E-state index contributed by atoms with van der Waals surface area (Å²) < 4.78 is 1.77. The topological polar surface area (TPSA) is 38.1 Å². The Balaban J connectivity index is 2.10. The molecule has 0 N–H and O–H groups in total. The lowest BCUT2D eigenvalue weighted by molar-refractivity contribution is 0.0783. The van der Waals surface area contributed by atoms with Crippen LogP contribution in [-0.4, -0.2) is 27.6 Å². The Labute approximate surface area is 124 Å². The zero-order valence-corrected chi connectivity index (χ0v) is 12.7. The van der Waals surface area contributed by atoms with E-state index in [0.717, 1.165) is 17.8 Å². The maximum atomic E-state index is 12.3. The van der Waals surface area contributed by atoms with Crippen molar-refractivity contribution in [3.8, 4) is 0 Å². The number of halogens is 1. The van der Waals surface area contributed by atoms with Gasteiger partial charge in [-0.2, -0.15) is 5.10 Å². The fourth-order valence-corrected chi connectivity index (χ4v) is 2.13. The number of hydrogen-bond acceptors (Lipinski definition) is 2. The molecule has 0 bridgehead atoms. The summed E-state index contributed by atoms with van der Waals surface area (Å²) in [5.41, 5.74) is 2.52. The van der Waals surface area contributed by atoms with E-state index in [-0.39, 0.29) is 5.91 Å². The Kier molecular flexibility index (Phi) is 4.45. The lowest BCUT2D eigenvalue weighted by Gasteiger charge is -2.16. The Morgan fingerprint density at radius 2 is 2.00 bits per heavy atom. The molecule has 5 heteroatoms. The molecule has 0 radical (unpaired) electrons. The van der Waals surface area contributed by atoms with Gasteiger partial charge in [0.15, 0.2) is 0 Å². The minimum atomic E-state index is -0.0351. The molecule has 2 aromatic rings. The zero-order chi connectivity index (χ0) is 14.7. The predicted octanol–water partition coefficient (Wildman–Crippen LogP) is 3.14. The molecule has 20 heavy (non-hydrogen) atoms. The van der Waals surface area contributed by atoms with Gasteiger partial charge in [0.05, 0.1) is 11.6 Å². The minimum absolute atomic E-state index is 0.0351. The van der Waals surface area contributed by atoms with Crippen LogP contribution in [0.15, 0.2) is 30.5 Å². The molecule has 106 valence electrons. The van der Waals surface area contributed by atoms with Crippen LogP contribution in [0, 0.1) is 6.92 Å². The number of aromatic nitrogens is 2. The van der Waals surface area contributed by atoms with E-state index in [4.69, 9.17) is 11.6 Å². The summed E-state index contributed by atoms with van der Waals surface area (Å²) in [6, 6.07) is 7.53. The smallest absolute Gasteiger partial charge is 0.253 e. The molecule has 0 spiro atoms. The summed E-state index contributed by atoms with van der Waals surface area (Å²) in [5, 5.41) is 4.94. The van der Waals surface area contributed by atoms with Crippen LogP contribution in [0.25, 0.3) is 0 Å². The van der Waals surface area contributed by atoms with Gasteiger partial charge in [-0.1, -0.05) is 29.3 Å². The largest absolute Gasteiger partial charge is 0.336 e. The highest BCUT2D eigenvalue weighted by Gasteiger charge is 2.15. The third-order valence-corrected chi connectivity index (χ3v) is 3.46. The van der Waals surface area contributed by atoms with Crippen LogP contribution in [0.1, 0.15) is 28.5 Å². The van der Waals surface area contributed by atoms with E-state index in [9.17, 15) is 4.79 Å². The molecule has 1 heterocycles. The lowest BCUT2D eigenvalue weighted by Crippen LogP contribution is -2.26. The van der Waals surface area contributed by atoms with Crippen LogP contribution in [0.3, 0.4) is 0 Å². The zero-order valence-electron chi connectivity index (χ0n) is 11.9. The van der Waals surface area contributed by atoms with Crippen LogP contribution in [-0.2, 0) is 13.1 Å². The predicted molar refractivity (Wildman–Crippen MR) is 79.9 cm³/mol. The Bertz CT molecular complexity index is 604. The Morgan fingerprint density at radius 3 is 2.55 bits per heavy atom. The van der Waals surface area contributed by atoms with Crippen LogP contribution in [0.4, 0.5) is 0 Å². The van der Waals surface area contributed by atoms with Crippen molar-refractivity contribution in [1.29, 1.82) is 0 Å². The van der Waals surface area contributed by atoms with Gasteiger partial charge in [0.2, 0.25) is 0 Å². The van der Waals surface area contributed by atoms with Crippen molar-refractivity contribution >= 4 is 17.5 Å². The molecular weight excluding hydrogens is 274 g/mol. The van der Waals surface area contributed by atoms with E-state index in [1.165, 1.54) is 0 Å². The van der Waals surface area contributed by atoms with Gasteiger partial charge >= 0.3 is 0 Å². The molecule has 0 atom stereocenters. The van der Waals surface area contributed by atoms with Crippen LogP contribution >= 0.6 is 11.6 Å². The number of rotatable bonds is 4. The second-order valence-electron chi connectivity index (χ2n) is 4.81. The SMILES string of the molecule is CCn1cc(Cl)c(CN(C)C(=O)c2ccc(C)cc2)n1. The monoisotopic (exact) mass is 291 g/mol. The first-order valence-electron chi connectivity index (χ1n) is 6.55. The van der Waals surface area contributed by atoms with Crippen molar-refractivity contribution in [2.24, 2.45) is 0 Å². The van der Waals surface area contributed by atoms with Crippen LogP contribution in [0.2, 0.25) is 5.02 Å². The van der Waals surface area contributed by atoms with Gasteiger partial charge in [-0.05, 0) is 26.0 Å². The van der Waals surface area contributed by atoms with Gasteiger partial charge in [-0.25, -0.2) is 0 Å². The first-order chi connectivity index (χ1) is 9.51. The maximum absolute atomic E-state index is 12.3. The Morgan fingerprint density at radius 1 is 1.35 bits per heavy atom. The van der Waals surface area contributed by atoms with E-state index < -0.39 is 0 Å². The number of carbonyl (C=O) groups is 1. The highest BCUT2D eigenvalue weighted by molar-refractivity contribution is 6.31. The second-order valence-corrected chi connectivity index (χ2v) is 5.21. The molecule has 2 rings (SSSR count). The highest BCUT2D eigenvalue weighted by atomic mass is 35.5. The highest BCUT2D eigenvalue weighted by Crippen LogP contribution is 2.16. The molecule has 0 saturated heterocycles. The summed E-state index contributed by atoms with van der Waals surface area (Å²) in [7, 11) is 1.75. The summed E-state index contributed by atoms with van der Waals surface area (Å²) >= 11 is 6.12. The van der Waals surface area contributed by atoms with Gasteiger partial charge < -0.3 is 4.90 Å². The average molecular weight is 292 g/mol. The molecule has 0 saturated carbocycles. The molecule has 4 nitrogen and oxygen atoms in total. The van der Waals surface area contributed by atoms with Gasteiger partial charge in [0.1, 0.15) is 5.69 Å². The maximum Gasteiger partial charge on any atom is 0.253 e. The second kappa shape index (κ2) is 6.09. The average Bonchev–Trinajstić information content (AvgIpc) is 2.79. The van der Waals surface area contributed by atoms with Crippen molar-refractivity contribution in [2.75, 3.05) is 7.05 Å². The summed E-state index contributed by atoms with van der Waals surface area (Å²) in [4.78, 5) is 13.9. The van der Waals surface area contributed by atoms with E-state index in [2.05, 4.69) is 5.10 Å². The van der Waals surface area contributed by atoms with Crippen molar-refractivity contribution in [3.05, 3.63) is 52.3 Å². The summed E-state index contributed by atoms with van der Waals surface area (Å²) in [6.07, 6.45) is 1.78. The number of carbonyl (C=O) groups excluding carboxylic acids is 1. The molecule has 1 amide bonds. The van der Waals surface area contributed by atoms with Gasteiger partial charge in [-0.3, -0.25) is 9.48 Å². The van der Waals surface area contributed by atoms with Gasteiger partial charge in [0, 0.05) is 25.4 Å². The number of amides is 1. The first-order valence-corrected chi connectivity index (χ1v) is 6.93.